The first-order valence-electron chi connectivity index (χ1n) is 9.21. The minimum absolute atomic E-state index is 0.204. The first kappa shape index (κ1) is 21.0. The third-order valence-electron chi connectivity index (χ3n) is 4.89. The molecule has 0 aliphatic carbocycles. The van der Waals surface area contributed by atoms with Gasteiger partial charge in [0.2, 0.25) is 10.0 Å². The maximum atomic E-state index is 13.9. The van der Waals surface area contributed by atoms with Crippen molar-refractivity contribution in [3.8, 4) is 11.3 Å². The summed E-state index contributed by atoms with van der Waals surface area (Å²) in [5, 5.41) is 2.77. The second kappa shape index (κ2) is 8.46. The molecule has 0 radical (unpaired) electrons. The lowest BCUT2D eigenvalue weighted by Gasteiger charge is -2.33. The fraction of sp³-hybridized carbons (Fsp3) is 0.250. The number of sulfonamides is 1. The lowest BCUT2D eigenvalue weighted by molar-refractivity contribution is 0.181. The van der Waals surface area contributed by atoms with E-state index in [0.29, 0.717) is 25.7 Å². The molecule has 1 aliphatic heterocycles. The maximum absolute atomic E-state index is 13.9. The highest BCUT2D eigenvalue weighted by atomic mass is 32.2. The first-order chi connectivity index (χ1) is 14.3. The average molecular weight is 454 g/mol. The standard InChI is InChI=1S/C20H18F3N3O2S2/c21-15-3-1-14(2-4-15)18-13-29-20(24-18)12-25-7-9-26(10-8-25)30(27,28)19-6-5-16(22)11-17(19)23/h1-6,11,13H,7-10,12H2. The van der Waals surface area contributed by atoms with Crippen molar-refractivity contribution in [3.63, 3.8) is 0 Å². The summed E-state index contributed by atoms with van der Waals surface area (Å²) >= 11 is 1.49. The van der Waals surface area contributed by atoms with Crippen molar-refractivity contribution >= 4 is 21.4 Å². The van der Waals surface area contributed by atoms with E-state index in [2.05, 4.69) is 9.88 Å². The van der Waals surface area contributed by atoms with Crippen LogP contribution in [0.1, 0.15) is 5.01 Å². The molecule has 158 valence electrons. The van der Waals surface area contributed by atoms with E-state index < -0.39 is 26.6 Å². The van der Waals surface area contributed by atoms with Crippen LogP contribution < -0.4 is 0 Å². The van der Waals surface area contributed by atoms with Gasteiger partial charge in [0.1, 0.15) is 27.4 Å². The zero-order valence-corrected chi connectivity index (χ0v) is 17.4. The van der Waals surface area contributed by atoms with Gasteiger partial charge in [-0.05, 0) is 36.4 Å². The molecule has 0 atom stereocenters. The predicted octanol–water partition coefficient (Wildman–Crippen LogP) is 3.73. The van der Waals surface area contributed by atoms with Crippen LogP contribution in [0.25, 0.3) is 11.3 Å². The lowest BCUT2D eigenvalue weighted by atomic mass is 10.2. The van der Waals surface area contributed by atoms with Crippen LogP contribution in [-0.2, 0) is 16.6 Å². The number of hydrogen-bond donors (Lipinski definition) is 0. The SMILES string of the molecule is O=S(=O)(c1ccc(F)cc1F)N1CCN(Cc2nc(-c3ccc(F)cc3)cs2)CC1. The zero-order chi connectivity index (χ0) is 21.3. The Morgan fingerprint density at radius 3 is 2.27 bits per heavy atom. The summed E-state index contributed by atoms with van der Waals surface area (Å²) in [7, 11) is -4.02. The molecule has 3 aromatic rings. The summed E-state index contributed by atoms with van der Waals surface area (Å²) in [6, 6.07) is 8.59. The van der Waals surface area contributed by atoms with E-state index in [0.717, 1.165) is 28.4 Å². The maximum Gasteiger partial charge on any atom is 0.246 e. The molecule has 0 spiro atoms. The van der Waals surface area contributed by atoms with Crippen molar-refractivity contribution in [1.82, 2.24) is 14.2 Å². The Morgan fingerprint density at radius 2 is 1.60 bits per heavy atom. The highest BCUT2D eigenvalue weighted by Crippen LogP contribution is 2.25. The topological polar surface area (TPSA) is 53.5 Å². The van der Waals surface area contributed by atoms with E-state index in [1.807, 2.05) is 5.38 Å². The number of nitrogens with zero attached hydrogens (tertiary/aromatic N) is 3. The Bertz CT molecular complexity index is 1140. The van der Waals surface area contributed by atoms with E-state index >= 15 is 0 Å². The molecule has 0 saturated carbocycles. The molecule has 0 amide bonds. The second-order valence-electron chi connectivity index (χ2n) is 6.89. The normalized spacial score (nSPS) is 16.1. The number of halogens is 3. The molecule has 1 aliphatic rings. The molecular formula is C20H18F3N3O2S2. The largest absolute Gasteiger partial charge is 0.294 e. The zero-order valence-electron chi connectivity index (χ0n) is 15.8. The Hall–Kier alpha value is -2.27. The molecule has 4 rings (SSSR count). The van der Waals surface area contributed by atoms with E-state index in [9.17, 15) is 21.6 Å². The van der Waals surface area contributed by atoms with Gasteiger partial charge in [0.25, 0.3) is 0 Å². The predicted molar refractivity (Wildman–Crippen MR) is 108 cm³/mol. The summed E-state index contributed by atoms with van der Waals surface area (Å²) in [6.45, 7) is 1.90. The van der Waals surface area contributed by atoms with Gasteiger partial charge in [-0.25, -0.2) is 26.6 Å². The number of benzene rings is 2. The van der Waals surface area contributed by atoms with Gasteiger partial charge in [-0.3, -0.25) is 4.90 Å². The van der Waals surface area contributed by atoms with Crippen molar-refractivity contribution in [1.29, 1.82) is 0 Å². The molecule has 0 N–H and O–H groups in total. The van der Waals surface area contributed by atoms with Gasteiger partial charge in [0.15, 0.2) is 0 Å². The number of thiazole rings is 1. The second-order valence-corrected chi connectivity index (χ2v) is 9.74. The summed E-state index contributed by atoms with van der Waals surface area (Å²) in [4.78, 5) is 6.13. The molecule has 5 nitrogen and oxygen atoms in total. The Morgan fingerprint density at radius 1 is 0.933 bits per heavy atom. The van der Waals surface area contributed by atoms with Gasteiger partial charge in [0, 0.05) is 43.2 Å². The van der Waals surface area contributed by atoms with Gasteiger partial charge < -0.3 is 0 Å². The number of piperazine rings is 1. The highest BCUT2D eigenvalue weighted by molar-refractivity contribution is 7.89. The average Bonchev–Trinajstić information content (AvgIpc) is 3.17. The van der Waals surface area contributed by atoms with Gasteiger partial charge in [-0.15, -0.1) is 11.3 Å². The quantitative estimate of drug-likeness (QED) is 0.591. The van der Waals surface area contributed by atoms with Gasteiger partial charge in [-0.2, -0.15) is 4.31 Å². The van der Waals surface area contributed by atoms with E-state index in [-0.39, 0.29) is 18.9 Å². The van der Waals surface area contributed by atoms with Gasteiger partial charge >= 0.3 is 0 Å². The van der Waals surface area contributed by atoms with Crippen molar-refractivity contribution in [2.45, 2.75) is 11.4 Å². The molecule has 2 heterocycles. The smallest absolute Gasteiger partial charge is 0.246 e. The van der Waals surface area contributed by atoms with Crippen molar-refractivity contribution in [2.75, 3.05) is 26.2 Å². The molecule has 1 saturated heterocycles. The van der Waals surface area contributed by atoms with Gasteiger partial charge in [0.05, 0.1) is 12.2 Å². The van der Waals surface area contributed by atoms with Crippen LogP contribution in [0.3, 0.4) is 0 Å². The first-order valence-corrected chi connectivity index (χ1v) is 11.5. The Labute approximate surface area is 176 Å². The monoisotopic (exact) mass is 453 g/mol. The Kier molecular flexibility index (Phi) is 5.92. The number of rotatable bonds is 5. The fourth-order valence-electron chi connectivity index (χ4n) is 3.28. The van der Waals surface area contributed by atoms with Crippen LogP contribution in [0.15, 0.2) is 52.7 Å². The molecule has 2 aromatic carbocycles. The minimum Gasteiger partial charge on any atom is -0.294 e. The third kappa shape index (κ3) is 4.41. The highest BCUT2D eigenvalue weighted by Gasteiger charge is 2.31. The molecule has 1 aromatic heterocycles. The fourth-order valence-corrected chi connectivity index (χ4v) is 5.59. The summed E-state index contributed by atoms with van der Waals surface area (Å²) < 4.78 is 66.7. The lowest BCUT2D eigenvalue weighted by Crippen LogP contribution is -2.48. The summed E-state index contributed by atoms with van der Waals surface area (Å²) in [5.74, 6) is -2.21. The third-order valence-corrected chi connectivity index (χ3v) is 7.66. The van der Waals surface area contributed by atoms with Crippen molar-refractivity contribution in [3.05, 3.63) is 70.3 Å². The summed E-state index contributed by atoms with van der Waals surface area (Å²) in [5.41, 5.74) is 1.60. The van der Waals surface area contributed by atoms with Crippen LogP contribution in [0.4, 0.5) is 13.2 Å². The van der Waals surface area contributed by atoms with Crippen LogP contribution in [-0.4, -0.2) is 48.8 Å². The van der Waals surface area contributed by atoms with E-state index in [1.54, 1.807) is 12.1 Å². The molecule has 10 heteroatoms. The van der Waals surface area contributed by atoms with Crippen molar-refractivity contribution < 1.29 is 21.6 Å². The van der Waals surface area contributed by atoms with Crippen LogP contribution in [0.5, 0.6) is 0 Å². The molecule has 1 fully saturated rings. The minimum atomic E-state index is -4.02. The molecule has 30 heavy (non-hydrogen) atoms. The van der Waals surface area contributed by atoms with Crippen LogP contribution in [0, 0.1) is 17.5 Å². The van der Waals surface area contributed by atoms with E-state index in [4.69, 9.17) is 0 Å². The van der Waals surface area contributed by atoms with Gasteiger partial charge in [-0.1, -0.05) is 0 Å². The molecular weight excluding hydrogens is 435 g/mol. The van der Waals surface area contributed by atoms with E-state index in [1.165, 1.54) is 27.8 Å². The van der Waals surface area contributed by atoms with Crippen molar-refractivity contribution in [2.24, 2.45) is 0 Å². The number of hydrogen-bond acceptors (Lipinski definition) is 5. The number of aromatic nitrogens is 1. The molecule has 0 bridgehead atoms. The summed E-state index contributed by atoms with van der Waals surface area (Å²) in [6.07, 6.45) is 0. The Balaban J connectivity index is 1.38. The molecule has 0 unspecified atom stereocenters. The van der Waals surface area contributed by atoms with Crippen LogP contribution in [0.2, 0.25) is 0 Å². The van der Waals surface area contributed by atoms with Crippen LogP contribution >= 0.6 is 11.3 Å².